The fraction of sp³-hybridized carbons (Fsp3) is 0.167. The summed E-state index contributed by atoms with van der Waals surface area (Å²) in [5.41, 5.74) is 6.55. The topological polar surface area (TPSA) is 76.9 Å². The van der Waals surface area contributed by atoms with E-state index in [1.807, 2.05) is 13.0 Å². The molecule has 0 saturated carbocycles. The zero-order valence-electron chi connectivity index (χ0n) is 9.42. The molecule has 0 aliphatic rings. The van der Waals surface area contributed by atoms with E-state index in [2.05, 4.69) is 5.10 Å². The van der Waals surface area contributed by atoms with Crippen molar-refractivity contribution >= 4 is 5.69 Å². The lowest BCUT2D eigenvalue weighted by atomic mass is 10.2. The fourth-order valence-corrected chi connectivity index (χ4v) is 1.41. The number of hydrogen-bond donors (Lipinski definition) is 1. The highest BCUT2D eigenvalue weighted by Crippen LogP contribution is 2.24. The molecular formula is C12H12N4O. The molecule has 0 unspecified atom stereocenters. The summed E-state index contributed by atoms with van der Waals surface area (Å²) in [7, 11) is 0. The minimum atomic E-state index is 0.410. The van der Waals surface area contributed by atoms with Crippen LogP contribution in [-0.2, 0) is 6.54 Å². The number of nitrogen functional groups attached to an aromatic ring is 1. The van der Waals surface area contributed by atoms with Crippen molar-refractivity contribution in [2.75, 3.05) is 5.73 Å². The Kier molecular flexibility index (Phi) is 2.97. The molecule has 17 heavy (non-hydrogen) atoms. The summed E-state index contributed by atoms with van der Waals surface area (Å²) >= 11 is 0. The molecule has 2 aromatic rings. The van der Waals surface area contributed by atoms with Crippen molar-refractivity contribution in [3.63, 3.8) is 0 Å². The van der Waals surface area contributed by atoms with Crippen LogP contribution in [0, 0.1) is 11.3 Å². The van der Waals surface area contributed by atoms with Gasteiger partial charge in [-0.05, 0) is 19.1 Å². The van der Waals surface area contributed by atoms with Crippen molar-refractivity contribution in [2.45, 2.75) is 13.5 Å². The van der Waals surface area contributed by atoms with E-state index in [9.17, 15) is 0 Å². The van der Waals surface area contributed by atoms with Gasteiger partial charge in [-0.1, -0.05) is 0 Å². The molecule has 5 heteroatoms. The van der Waals surface area contributed by atoms with Crippen LogP contribution < -0.4 is 10.5 Å². The summed E-state index contributed by atoms with van der Waals surface area (Å²) in [6, 6.07) is 6.97. The second-order valence-corrected chi connectivity index (χ2v) is 3.49. The molecule has 0 saturated heterocycles. The summed E-state index contributed by atoms with van der Waals surface area (Å²) in [6.45, 7) is 2.79. The highest BCUT2D eigenvalue weighted by Gasteiger charge is 2.03. The normalized spacial score (nSPS) is 9.88. The van der Waals surface area contributed by atoms with Gasteiger partial charge in [-0.2, -0.15) is 10.4 Å². The molecule has 86 valence electrons. The van der Waals surface area contributed by atoms with Crippen LogP contribution in [0.5, 0.6) is 11.5 Å². The van der Waals surface area contributed by atoms with Gasteiger partial charge >= 0.3 is 0 Å². The third kappa shape index (κ3) is 2.37. The molecule has 1 aromatic heterocycles. The first-order valence-corrected chi connectivity index (χ1v) is 5.23. The Morgan fingerprint density at radius 2 is 2.29 bits per heavy atom. The van der Waals surface area contributed by atoms with Gasteiger partial charge in [0.2, 0.25) is 0 Å². The van der Waals surface area contributed by atoms with Crippen molar-refractivity contribution in [3.05, 3.63) is 36.2 Å². The van der Waals surface area contributed by atoms with Gasteiger partial charge in [-0.3, -0.25) is 4.68 Å². The number of hydrogen-bond acceptors (Lipinski definition) is 4. The summed E-state index contributed by atoms with van der Waals surface area (Å²) in [5, 5.41) is 12.8. The van der Waals surface area contributed by atoms with E-state index in [-0.39, 0.29) is 0 Å². The van der Waals surface area contributed by atoms with Crippen molar-refractivity contribution < 1.29 is 4.74 Å². The minimum absolute atomic E-state index is 0.410. The Balaban J connectivity index is 2.19. The second-order valence-electron chi connectivity index (χ2n) is 3.49. The van der Waals surface area contributed by atoms with E-state index in [1.54, 1.807) is 35.3 Å². The van der Waals surface area contributed by atoms with Gasteiger partial charge in [-0.15, -0.1) is 0 Å². The third-order valence-electron chi connectivity index (χ3n) is 2.31. The molecule has 0 spiro atoms. The maximum atomic E-state index is 8.75. The number of nitrogens with zero attached hydrogens (tertiary/aromatic N) is 3. The van der Waals surface area contributed by atoms with Crippen LogP contribution in [0.1, 0.15) is 12.5 Å². The molecule has 2 N–H and O–H groups in total. The summed E-state index contributed by atoms with van der Waals surface area (Å²) in [5.74, 6) is 1.24. The lowest BCUT2D eigenvalue weighted by Gasteiger charge is -2.04. The molecule has 1 aromatic carbocycles. The van der Waals surface area contributed by atoms with Gasteiger partial charge in [0.15, 0.2) is 5.75 Å². The zero-order valence-corrected chi connectivity index (χ0v) is 9.42. The Hall–Kier alpha value is -2.48. The van der Waals surface area contributed by atoms with Crippen LogP contribution in [0.3, 0.4) is 0 Å². The summed E-state index contributed by atoms with van der Waals surface area (Å²) in [6.07, 6.45) is 3.44. The Morgan fingerprint density at radius 3 is 2.88 bits per heavy atom. The van der Waals surface area contributed by atoms with Gasteiger partial charge in [0, 0.05) is 12.6 Å². The van der Waals surface area contributed by atoms with E-state index in [4.69, 9.17) is 15.7 Å². The average molecular weight is 228 g/mol. The standard InChI is InChI=1S/C12H12N4O/c1-2-16-8-11(7-15-16)17-10-4-3-9(6-13)12(14)5-10/h3-5,7-8H,2,14H2,1H3. The second kappa shape index (κ2) is 4.58. The number of benzene rings is 1. The SMILES string of the molecule is CCn1cc(Oc2ccc(C#N)c(N)c2)cn1. The number of aryl methyl sites for hydroxylation is 1. The Bertz CT molecular complexity index is 568. The van der Waals surface area contributed by atoms with Gasteiger partial charge < -0.3 is 10.5 Å². The maximum absolute atomic E-state index is 8.75. The smallest absolute Gasteiger partial charge is 0.165 e. The molecule has 2 rings (SSSR count). The predicted octanol–water partition coefficient (Wildman–Crippen LogP) is 2.15. The van der Waals surface area contributed by atoms with Gasteiger partial charge in [-0.25, -0.2) is 0 Å². The third-order valence-corrected chi connectivity index (χ3v) is 2.31. The number of nitrogens with two attached hydrogens (primary N) is 1. The van der Waals surface area contributed by atoms with Crippen LogP contribution in [0.15, 0.2) is 30.6 Å². The molecule has 0 amide bonds. The average Bonchev–Trinajstić information content (AvgIpc) is 2.77. The molecule has 0 radical (unpaired) electrons. The molecular weight excluding hydrogens is 216 g/mol. The first-order chi connectivity index (χ1) is 8.22. The van der Waals surface area contributed by atoms with Crippen molar-refractivity contribution in [1.29, 1.82) is 5.26 Å². The molecule has 5 nitrogen and oxygen atoms in total. The van der Waals surface area contributed by atoms with Crippen molar-refractivity contribution in [1.82, 2.24) is 9.78 Å². The molecule has 0 bridgehead atoms. The first-order valence-electron chi connectivity index (χ1n) is 5.23. The maximum Gasteiger partial charge on any atom is 0.165 e. The van der Waals surface area contributed by atoms with E-state index in [1.165, 1.54) is 0 Å². The van der Waals surface area contributed by atoms with E-state index < -0.39 is 0 Å². The molecule has 0 fully saturated rings. The largest absolute Gasteiger partial charge is 0.454 e. The molecule has 0 aliphatic carbocycles. The Morgan fingerprint density at radius 1 is 1.47 bits per heavy atom. The van der Waals surface area contributed by atoms with Crippen LogP contribution >= 0.6 is 0 Å². The molecule has 1 heterocycles. The highest BCUT2D eigenvalue weighted by atomic mass is 16.5. The van der Waals surface area contributed by atoms with Crippen LogP contribution in [0.4, 0.5) is 5.69 Å². The monoisotopic (exact) mass is 228 g/mol. The Labute approximate surface area is 99.0 Å². The summed E-state index contributed by atoms with van der Waals surface area (Å²) in [4.78, 5) is 0. The fourth-order valence-electron chi connectivity index (χ4n) is 1.41. The van der Waals surface area contributed by atoms with E-state index >= 15 is 0 Å². The lowest BCUT2D eigenvalue weighted by molar-refractivity contribution is 0.481. The lowest BCUT2D eigenvalue weighted by Crippen LogP contribution is -1.92. The van der Waals surface area contributed by atoms with Crippen molar-refractivity contribution in [2.24, 2.45) is 0 Å². The predicted molar refractivity (Wildman–Crippen MR) is 63.5 cm³/mol. The van der Waals surface area contributed by atoms with Crippen LogP contribution in [0.2, 0.25) is 0 Å². The number of aromatic nitrogens is 2. The number of anilines is 1. The molecule has 0 aliphatic heterocycles. The highest BCUT2D eigenvalue weighted by molar-refractivity contribution is 5.57. The van der Waals surface area contributed by atoms with Gasteiger partial charge in [0.1, 0.15) is 11.8 Å². The van der Waals surface area contributed by atoms with Gasteiger partial charge in [0.05, 0.1) is 23.6 Å². The van der Waals surface area contributed by atoms with Crippen molar-refractivity contribution in [3.8, 4) is 17.6 Å². The van der Waals surface area contributed by atoms with Crippen LogP contribution in [0.25, 0.3) is 0 Å². The van der Waals surface area contributed by atoms with E-state index in [0.29, 0.717) is 22.7 Å². The van der Waals surface area contributed by atoms with Gasteiger partial charge in [0.25, 0.3) is 0 Å². The number of ether oxygens (including phenoxy) is 1. The minimum Gasteiger partial charge on any atom is -0.454 e. The number of nitriles is 1. The quantitative estimate of drug-likeness (QED) is 0.816. The summed E-state index contributed by atoms with van der Waals surface area (Å²) < 4.78 is 7.33. The first kappa shape index (κ1) is 11.0. The number of rotatable bonds is 3. The van der Waals surface area contributed by atoms with E-state index in [0.717, 1.165) is 6.54 Å². The van der Waals surface area contributed by atoms with Crippen LogP contribution in [-0.4, -0.2) is 9.78 Å². The molecule has 0 atom stereocenters. The zero-order chi connectivity index (χ0) is 12.3.